The van der Waals surface area contributed by atoms with Gasteiger partial charge in [0.15, 0.2) is 18.4 Å². The molecular weight excluding hydrogens is 632 g/mol. The highest BCUT2D eigenvalue weighted by molar-refractivity contribution is 5.74. The maximum absolute atomic E-state index is 12.7. The van der Waals surface area contributed by atoms with Gasteiger partial charge in [0.2, 0.25) is 11.8 Å². The molecule has 18 nitrogen and oxygen atoms in total. The molecule has 0 aromatic heterocycles. The van der Waals surface area contributed by atoms with E-state index in [2.05, 4.69) is 10.6 Å². The molecule has 11 N–H and O–H groups in total. The number of ether oxygens (including phenoxy) is 5. The number of carbonyl (C=O) groups excluding carboxylic acids is 2. The van der Waals surface area contributed by atoms with E-state index < -0.39 is 123 Å². The van der Waals surface area contributed by atoms with Crippen molar-refractivity contribution >= 4 is 11.8 Å². The van der Waals surface area contributed by atoms with Crippen LogP contribution in [-0.2, 0) is 39.7 Å². The number of rotatable bonds is 11. The van der Waals surface area contributed by atoms with Gasteiger partial charge in [0, 0.05) is 20.3 Å². The van der Waals surface area contributed by atoms with Crippen LogP contribution in [0.3, 0.4) is 0 Å². The molecular formula is C29H44N2O16. The first-order valence-corrected chi connectivity index (χ1v) is 15.1. The highest BCUT2D eigenvalue weighted by atomic mass is 16.8. The molecule has 47 heavy (non-hydrogen) atoms. The smallest absolute Gasteiger partial charge is 0.217 e. The van der Waals surface area contributed by atoms with Crippen LogP contribution in [0.15, 0.2) is 30.3 Å². The summed E-state index contributed by atoms with van der Waals surface area (Å²) in [7, 11) is 0. The maximum atomic E-state index is 12.7. The molecule has 3 fully saturated rings. The van der Waals surface area contributed by atoms with Gasteiger partial charge in [-0.05, 0) is 5.56 Å². The number of hydrogen-bond donors (Lipinski definition) is 11. The van der Waals surface area contributed by atoms with E-state index in [-0.39, 0.29) is 6.42 Å². The van der Waals surface area contributed by atoms with Gasteiger partial charge in [-0.3, -0.25) is 9.59 Å². The van der Waals surface area contributed by atoms with Crippen LogP contribution < -0.4 is 10.6 Å². The van der Waals surface area contributed by atoms with Crippen molar-refractivity contribution in [3.63, 3.8) is 0 Å². The van der Waals surface area contributed by atoms with Crippen molar-refractivity contribution in [2.75, 3.05) is 19.8 Å². The predicted molar refractivity (Wildman–Crippen MR) is 154 cm³/mol. The van der Waals surface area contributed by atoms with Crippen molar-refractivity contribution in [2.24, 2.45) is 0 Å². The zero-order valence-corrected chi connectivity index (χ0v) is 25.7. The van der Waals surface area contributed by atoms with Crippen molar-refractivity contribution < 1.29 is 79.2 Å². The summed E-state index contributed by atoms with van der Waals surface area (Å²) in [5, 5.41) is 99.2. The van der Waals surface area contributed by atoms with Crippen LogP contribution in [-0.4, -0.2) is 169 Å². The van der Waals surface area contributed by atoms with E-state index >= 15 is 0 Å². The predicted octanol–water partition coefficient (Wildman–Crippen LogP) is -5.67. The molecule has 0 saturated carbocycles. The Kier molecular flexibility index (Phi) is 12.6. The third kappa shape index (κ3) is 8.09. The van der Waals surface area contributed by atoms with Crippen LogP contribution in [0, 0.1) is 0 Å². The van der Waals surface area contributed by atoms with Crippen LogP contribution in [0.2, 0.25) is 0 Å². The molecule has 4 rings (SSSR count). The van der Waals surface area contributed by atoms with E-state index in [0.717, 1.165) is 13.8 Å². The summed E-state index contributed by atoms with van der Waals surface area (Å²) in [4.78, 5) is 24.9. The van der Waals surface area contributed by atoms with E-state index in [4.69, 9.17) is 23.7 Å². The van der Waals surface area contributed by atoms with Crippen LogP contribution >= 0.6 is 0 Å². The Morgan fingerprint density at radius 3 is 1.83 bits per heavy atom. The Balaban J connectivity index is 1.84. The van der Waals surface area contributed by atoms with Crippen molar-refractivity contribution in [1.29, 1.82) is 0 Å². The number of hydrogen-bond acceptors (Lipinski definition) is 16. The van der Waals surface area contributed by atoms with Crippen molar-refractivity contribution in [2.45, 2.75) is 112 Å². The number of nitrogens with one attached hydrogen (secondary N) is 2. The summed E-state index contributed by atoms with van der Waals surface area (Å²) >= 11 is 0. The summed E-state index contributed by atoms with van der Waals surface area (Å²) in [5.41, 5.74) is 0.508. The topological polar surface area (TPSA) is 286 Å². The van der Waals surface area contributed by atoms with Gasteiger partial charge in [0.1, 0.15) is 73.1 Å². The molecule has 3 heterocycles. The molecule has 266 valence electrons. The molecule has 3 saturated heterocycles. The second kappa shape index (κ2) is 15.9. The number of benzene rings is 1. The number of aliphatic hydroxyl groups is 9. The van der Waals surface area contributed by atoms with Gasteiger partial charge in [-0.15, -0.1) is 0 Å². The highest BCUT2D eigenvalue weighted by Gasteiger charge is 2.60. The van der Waals surface area contributed by atoms with Gasteiger partial charge in [0.25, 0.3) is 0 Å². The van der Waals surface area contributed by atoms with Crippen LogP contribution in [0.5, 0.6) is 0 Å². The Labute approximate surface area is 269 Å². The summed E-state index contributed by atoms with van der Waals surface area (Å²) in [6, 6.07) is 5.32. The Morgan fingerprint density at radius 2 is 1.28 bits per heavy atom. The molecule has 1 aromatic carbocycles. The van der Waals surface area contributed by atoms with Gasteiger partial charge in [-0.25, -0.2) is 0 Å². The van der Waals surface area contributed by atoms with E-state index in [9.17, 15) is 55.5 Å². The van der Waals surface area contributed by atoms with Gasteiger partial charge in [-0.1, -0.05) is 30.3 Å². The zero-order chi connectivity index (χ0) is 34.6. The molecule has 3 aliphatic heterocycles. The van der Waals surface area contributed by atoms with E-state index in [0.29, 0.717) is 5.56 Å². The minimum atomic E-state index is -2.22. The first-order valence-electron chi connectivity index (χ1n) is 15.1. The fourth-order valence-electron chi connectivity index (χ4n) is 6.05. The molecule has 2 amide bonds. The third-order valence-corrected chi connectivity index (χ3v) is 8.41. The lowest BCUT2D eigenvalue weighted by molar-refractivity contribution is -0.407. The van der Waals surface area contributed by atoms with Crippen molar-refractivity contribution in [3.8, 4) is 0 Å². The molecule has 18 heteroatoms. The van der Waals surface area contributed by atoms with Gasteiger partial charge < -0.3 is 80.3 Å². The minimum absolute atomic E-state index is 0.286. The molecule has 0 aliphatic carbocycles. The molecule has 3 aliphatic rings. The van der Waals surface area contributed by atoms with Gasteiger partial charge in [-0.2, -0.15) is 0 Å². The second-order valence-electron chi connectivity index (χ2n) is 11.8. The normalized spacial score (nSPS) is 42.4. The average Bonchev–Trinajstić information content (AvgIpc) is 3.04. The number of amides is 2. The molecule has 1 aromatic rings. The lowest BCUT2D eigenvalue weighted by Crippen LogP contribution is -2.75. The lowest BCUT2D eigenvalue weighted by Gasteiger charge is -2.55. The highest BCUT2D eigenvalue weighted by Crippen LogP contribution is 2.40. The number of carbonyl (C=O) groups is 2. The fraction of sp³-hybridized carbons (Fsp3) is 0.724. The summed E-state index contributed by atoms with van der Waals surface area (Å²) in [6.45, 7) is -0.174. The van der Waals surface area contributed by atoms with Gasteiger partial charge in [0.05, 0.1) is 19.8 Å². The largest absolute Gasteiger partial charge is 0.394 e. The molecule has 15 atom stereocenters. The summed E-state index contributed by atoms with van der Waals surface area (Å²) in [6.07, 6.45) is -20.6. The van der Waals surface area contributed by atoms with E-state index in [1.165, 1.54) is 0 Å². The lowest BCUT2D eigenvalue weighted by atomic mass is 9.85. The Hall–Kier alpha value is -2.40. The molecule has 0 radical (unpaired) electrons. The van der Waals surface area contributed by atoms with Gasteiger partial charge >= 0.3 is 0 Å². The van der Waals surface area contributed by atoms with Crippen molar-refractivity contribution in [1.82, 2.24) is 10.6 Å². The monoisotopic (exact) mass is 676 g/mol. The third-order valence-electron chi connectivity index (χ3n) is 8.41. The molecule has 0 unspecified atom stereocenters. The average molecular weight is 677 g/mol. The summed E-state index contributed by atoms with van der Waals surface area (Å²) < 4.78 is 29.9. The fourth-order valence-corrected chi connectivity index (χ4v) is 6.05. The van der Waals surface area contributed by atoms with E-state index in [1.807, 2.05) is 0 Å². The van der Waals surface area contributed by atoms with Crippen LogP contribution in [0.1, 0.15) is 19.4 Å². The Bertz CT molecular complexity index is 1180. The zero-order valence-electron chi connectivity index (χ0n) is 25.7. The second-order valence-corrected chi connectivity index (χ2v) is 11.8. The summed E-state index contributed by atoms with van der Waals surface area (Å²) in [5.74, 6) is -3.58. The standard InChI is InChI=1S/C29H44N2O16/c1-12(35)30-18-22(40)19(37)15(9-32)43-27(18)47-29(8-14-6-4-3-5-7-14)26(31-13(2)36)25(21(39)17(11-34)46-29)45-28-24(42)23(41)20(38)16(10-33)44-28/h3-7,15-28,32-34,37-42H,8-11H2,1-2H3,(H,30,35)(H,31,36)/t15-,16-,17-,18-,19-,20+,21+,22-,23+,24-,25+,26-,27+,28+,29-/m1/s1. The maximum Gasteiger partial charge on any atom is 0.217 e. The quantitative estimate of drug-likeness (QED) is 0.104. The van der Waals surface area contributed by atoms with Crippen LogP contribution in [0.25, 0.3) is 0 Å². The Morgan fingerprint density at radius 1 is 0.723 bits per heavy atom. The van der Waals surface area contributed by atoms with Crippen molar-refractivity contribution in [3.05, 3.63) is 35.9 Å². The number of aliphatic hydroxyl groups excluding tert-OH is 9. The van der Waals surface area contributed by atoms with E-state index in [1.54, 1.807) is 30.3 Å². The SMILES string of the molecule is CC(=O)N[C@H]1[C@H](O[C@@]2(Cc3ccccc3)O[C@H](CO)[C@H](O)[C@H](O[C@@H]3O[C@H](CO)[C@H](O)[C@H](O)[C@H]3O)[C@H]2NC(C)=O)O[C@H](CO)[C@@H](O)[C@@H]1O. The first-order chi connectivity index (χ1) is 22.3. The minimum Gasteiger partial charge on any atom is -0.394 e. The molecule has 0 bridgehead atoms. The first kappa shape index (κ1) is 37.4. The molecule has 0 spiro atoms. The van der Waals surface area contributed by atoms with Crippen LogP contribution in [0.4, 0.5) is 0 Å².